The number of carbonyl (C=O) groups excluding carboxylic acids is 1. The first kappa shape index (κ1) is 11.3. The summed E-state index contributed by atoms with van der Waals surface area (Å²) in [4.78, 5) is 13.0. The molecular formula is C12H12FNO. The number of carbonyl (C=O) groups is 1. The fourth-order valence-corrected chi connectivity index (χ4v) is 1.23. The Bertz CT molecular complexity index is 420. The Hall–Kier alpha value is -1.82. The van der Waals surface area contributed by atoms with Crippen LogP contribution in [0.4, 0.5) is 4.39 Å². The SMILES string of the molecule is C#CCN(C)C(=O)c1cccc(C)c1F. The molecule has 1 aromatic carbocycles. The molecule has 0 bridgehead atoms. The second kappa shape index (κ2) is 4.61. The van der Waals surface area contributed by atoms with Gasteiger partial charge in [0.1, 0.15) is 5.82 Å². The van der Waals surface area contributed by atoms with Crippen LogP contribution in [0.5, 0.6) is 0 Å². The third kappa shape index (κ3) is 2.35. The van der Waals surface area contributed by atoms with Crippen molar-refractivity contribution in [1.82, 2.24) is 4.90 Å². The second-order valence-corrected chi connectivity index (χ2v) is 3.30. The van der Waals surface area contributed by atoms with Gasteiger partial charge in [-0.05, 0) is 18.6 Å². The van der Waals surface area contributed by atoms with E-state index in [0.717, 1.165) is 0 Å². The number of terminal acetylenes is 1. The highest BCUT2D eigenvalue weighted by Crippen LogP contribution is 2.13. The van der Waals surface area contributed by atoms with E-state index < -0.39 is 11.7 Å². The average molecular weight is 205 g/mol. The van der Waals surface area contributed by atoms with E-state index in [9.17, 15) is 9.18 Å². The van der Waals surface area contributed by atoms with E-state index in [4.69, 9.17) is 6.42 Å². The molecule has 0 aromatic heterocycles. The van der Waals surface area contributed by atoms with E-state index in [1.165, 1.54) is 11.0 Å². The van der Waals surface area contributed by atoms with Crippen molar-refractivity contribution >= 4 is 5.91 Å². The van der Waals surface area contributed by atoms with Crippen molar-refractivity contribution in [1.29, 1.82) is 0 Å². The molecule has 0 unspecified atom stereocenters. The molecule has 78 valence electrons. The van der Waals surface area contributed by atoms with E-state index in [-0.39, 0.29) is 12.1 Å². The smallest absolute Gasteiger partial charge is 0.257 e. The molecule has 0 saturated heterocycles. The number of aryl methyl sites for hydroxylation is 1. The molecule has 0 spiro atoms. The van der Waals surface area contributed by atoms with Crippen LogP contribution in [-0.4, -0.2) is 24.4 Å². The lowest BCUT2D eigenvalue weighted by atomic mass is 10.1. The largest absolute Gasteiger partial charge is 0.330 e. The standard InChI is InChI=1S/C12H12FNO/c1-4-8-14(3)12(15)10-7-5-6-9(2)11(10)13/h1,5-7H,8H2,2-3H3. The maximum absolute atomic E-state index is 13.6. The van der Waals surface area contributed by atoms with Crippen molar-refractivity contribution in [3.63, 3.8) is 0 Å². The number of hydrogen-bond acceptors (Lipinski definition) is 1. The maximum atomic E-state index is 13.6. The zero-order valence-corrected chi connectivity index (χ0v) is 8.75. The van der Waals surface area contributed by atoms with Crippen LogP contribution in [0.3, 0.4) is 0 Å². The van der Waals surface area contributed by atoms with E-state index in [1.807, 2.05) is 0 Å². The summed E-state index contributed by atoms with van der Waals surface area (Å²) < 4.78 is 13.6. The topological polar surface area (TPSA) is 20.3 Å². The predicted molar refractivity (Wildman–Crippen MR) is 56.9 cm³/mol. The van der Waals surface area contributed by atoms with Crippen molar-refractivity contribution in [3.8, 4) is 12.3 Å². The van der Waals surface area contributed by atoms with Gasteiger partial charge in [0.15, 0.2) is 0 Å². The van der Waals surface area contributed by atoms with Crippen LogP contribution >= 0.6 is 0 Å². The van der Waals surface area contributed by atoms with Gasteiger partial charge in [-0.3, -0.25) is 4.79 Å². The van der Waals surface area contributed by atoms with Crippen LogP contribution < -0.4 is 0 Å². The van der Waals surface area contributed by atoms with Crippen molar-refractivity contribution in [3.05, 3.63) is 35.1 Å². The summed E-state index contributed by atoms with van der Waals surface area (Å²) in [5.74, 6) is 1.46. The number of benzene rings is 1. The van der Waals surface area contributed by atoms with Gasteiger partial charge in [0, 0.05) is 7.05 Å². The average Bonchev–Trinajstić information content (AvgIpc) is 2.21. The third-order valence-corrected chi connectivity index (χ3v) is 2.10. The van der Waals surface area contributed by atoms with Crippen molar-refractivity contribution in [2.24, 2.45) is 0 Å². The van der Waals surface area contributed by atoms with E-state index >= 15 is 0 Å². The molecule has 0 aliphatic heterocycles. The first-order chi connectivity index (χ1) is 7.07. The van der Waals surface area contributed by atoms with Crippen LogP contribution in [-0.2, 0) is 0 Å². The molecule has 0 aliphatic rings. The summed E-state index contributed by atoms with van der Waals surface area (Å²) in [6.07, 6.45) is 5.08. The Labute approximate surface area is 88.7 Å². The van der Waals surface area contributed by atoms with Crippen molar-refractivity contribution in [2.45, 2.75) is 6.92 Å². The molecule has 0 atom stereocenters. The molecule has 2 nitrogen and oxygen atoms in total. The molecule has 15 heavy (non-hydrogen) atoms. The number of rotatable bonds is 2. The molecule has 0 aliphatic carbocycles. The van der Waals surface area contributed by atoms with Crippen LogP contribution in [0.25, 0.3) is 0 Å². The highest BCUT2D eigenvalue weighted by molar-refractivity contribution is 5.94. The Kier molecular flexibility index (Phi) is 3.46. The van der Waals surface area contributed by atoms with Gasteiger partial charge in [-0.2, -0.15) is 0 Å². The van der Waals surface area contributed by atoms with Gasteiger partial charge in [-0.15, -0.1) is 6.42 Å². The van der Waals surface area contributed by atoms with Gasteiger partial charge in [-0.1, -0.05) is 18.1 Å². The van der Waals surface area contributed by atoms with Gasteiger partial charge in [0.25, 0.3) is 5.91 Å². The van der Waals surface area contributed by atoms with E-state index in [0.29, 0.717) is 5.56 Å². The fraction of sp³-hybridized carbons (Fsp3) is 0.250. The molecule has 1 rings (SSSR count). The molecule has 3 heteroatoms. The van der Waals surface area contributed by atoms with Crippen molar-refractivity contribution < 1.29 is 9.18 Å². The number of nitrogens with zero attached hydrogens (tertiary/aromatic N) is 1. The Morgan fingerprint density at radius 1 is 1.60 bits per heavy atom. The molecule has 0 fully saturated rings. The summed E-state index contributed by atoms with van der Waals surface area (Å²) in [7, 11) is 1.55. The summed E-state index contributed by atoms with van der Waals surface area (Å²) >= 11 is 0. The number of halogens is 1. The molecule has 0 saturated carbocycles. The van der Waals surface area contributed by atoms with Crippen LogP contribution in [0.15, 0.2) is 18.2 Å². The first-order valence-electron chi connectivity index (χ1n) is 4.52. The van der Waals surface area contributed by atoms with Crippen LogP contribution in [0, 0.1) is 25.1 Å². The van der Waals surface area contributed by atoms with Crippen LogP contribution in [0.2, 0.25) is 0 Å². The Morgan fingerprint density at radius 3 is 2.87 bits per heavy atom. The zero-order valence-electron chi connectivity index (χ0n) is 8.75. The molecule has 0 radical (unpaired) electrons. The van der Waals surface area contributed by atoms with Crippen molar-refractivity contribution in [2.75, 3.05) is 13.6 Å². The normalized spacial score (nSPS) is 9.47. The fourth-order valence-electron chi connectivity index (χ4n) is 1.23. The van der Waals surface area contributed by atoms with Gasteiger partial charge >= 0.3 is 0 Å². The minimum atomic E-state index is -0.480. The molecule has 0 heterocycles. The number of hydrogen-bond donors (Lipinski definition) is 0. The number of amides is 1. The van der Waals surface area contributed by atoms with Gasteiger partial charge in [0.2, 0.25) is 0 Å². The first-order valence-corrected chi connectivity index (χ1v) is 4.52. The second-order valence-electron chi connectivity index (χ2n) is 3.30. The maximum Gasteiger partial charge on any atom is 0.257 e. The summed E-state index contributed by atoms with van der Waals surface area (Å²) in [5, 5.41) is 0. The monoisotopic (exact) mass is 205 g/mol. The minimum absolute atomic E-state index is 0.0627. The Balaban J connectivity index is 3.02. The highest BCUT2D eigenvalue weighted by Gasteiger charge is 2.16. The van der Waals surface area contributed by atoms with Gasteiger partial charge in [-0.25, -0.2) is 4.39 Å². The third-order valence-electron chi connectivity index (χ3n) is 2.10. The molecular weight excluding hydrogens is 193 g/mol. The molecule has 1 aromatic rings. The summed E-state index contributed by atoms with van der Waals surface area (Å²) in [5.41, 5.74) is 0.516. The van der Waals surface area contributed by atoms with E-state index in [2.05, 4.69) is 5.92 Å². The summed E-state index contributed by atoms with van der Waals surface area (Å²) in [6, 6.07) is 4.72. The Morgan fingerprint density at radius 2 is 2.27 bits per heavy atom. The highest BCUT2D eigenvalue weighted by atomic mass is 19.1. The van der Waals surface area contributed by atoms with Gasteiger partial charge < -0.3 is 4.90 Å². The quantitative estimate of drug-likeness (QED) is 0.675. The molecule has 1 amide bonds. The van der Waals surface area contributed by atoms with Gasteiger partial charge in [0.05, 0.1) is 12.1 Å². The molecule has 0 N–H and O–H groups in total. The lowest BCUT2D eigenvalue weighted by Crippen LogP contribution is -2.27. The van der Waals surface area contributed by atoms with E-state index in [1.54, 1.807) is 26.1 Å². The summed E-state index contributed by atoms with van der Waals surface area (Å²) in [6.45, 7) is 1.79. The minimum Gasteiger partial charge on any atom is -0.330 e. The lowest BCUT2D eigenvalue weighted by Gasteiger charge is -2.14. The zero-order chi connectivity index (χ0) is 11.4. The lowest BCUT2D eigenvalue weighted by molar-refractivity contribution is 0.0808. The van der Waals surface area contributed by atoms with Crippen LogP contribution in [0.1, 0.15) is 15.9 Å². The predicted octanol–water partition coefficient (Wildman–Crippen LogP) is 1.84.